The van der Waals surface area contributed by atoms with Crippen molar-refractivity contribution in [1.82, 2.24) is 13.7 Å². The molecule has 0 aliphatic carbocycles. The Bertz CT molecular complexity index is 5470. The minimum absolute atomic E-state index is 0.0151. The molecule has 0 aliphatic rings. The molecule has 0 spiro atoms. The van der Waals surface area contributed by atoms with Crippen LogP contribution in [0.2, 0.25) is 0 Å². The molecule has 8 heteroatoms. The summed E-state index contributed by atoms with van der Waals surface area (Å²) in [6.45, 7) is 31.5. The summed E-state index contributed by atoms with van der Waals surface area (Å²) >= 11 is 0. The third-order valence-corrected chi connectivity index (χ3v) is 20.4. The normalized spacial score (nSPS) is 13.6. The van der Waals surface area contributed by atoms with E-state index in [-0.39, 0.29) is 27.7 Å². The molecular weight excluding hydrogens is 1190 g/mol. The van der Waals surface area contributed by atoms with Crippen LogP contribution in [0.25, 0.3) is 93.3 Å². The van der Waals surface area contributed by atoms with Gasteiger partial charge in [0.05, 0.1) is 38.8 Å². The number of nitrogens with two attached hydrogens (primary N) is 2. The lowest BCUT2D eigenvalue weighted by Crippen LogP contribution is -2.33. The predicted molar refractivity (Wildman–Crippen MR) is 421 cm³/mol. The second-order valence-corrected chi connectivity index (χ2v) is 31.7. The van der Waals surface area contributed by atoms with Crippen molar-refractivity contribution in [3.63, 3.8) is 0 Å². The zero-order valence-corrected chi connectivity index (χ0v) is 59.2. The summed E-state index contributed by atoms with van der Waals surface area (Å²) in [4.78, 5) is 4.80. The molecule has 0 fully saturated rings. The highest BCUT2D eigenvalue weighted by molar-refractivity contribution is 6.24. The van der Waals surface area contributed by atoms with E-state index in [9.17, 15) is 0 Å². The molecule has 3 heterocycles. The standard InChI is InChI=1S/C90H88BN7/c1-56(92)57-29-37-64(38-30-57)94(66-23-18-25-68(53-66)97-79-44-33-59(86(2,3)4)49-74(79)75-50-60(87(5,6)7)34-45-80(75)97)70-41-42-73-84(55-70)96(63-21-16-15-17-22-63)83-48-43-71-72(85(73)83)27-20-28-78(71)95(65-39-31-58(32-40-65)90(14,91)93)67-24-19-26-69(54-67)98-81-46-35-61(88(8,9)10)51-76(81)77-52-62(89(11,12)13)36-47-82(77)98/h15-56H,92-93H2,1-14H3. The Morgan fingerprint density at radius 2 is 0.684 bits per heavy atom. The Morgan fingerprint density at radius 3 is 1.14 bits per heavy atom. The fourth-order valence-corrected chi connectivity index (χ4v) is 14.8. The fourth-order valence-electron chi connectivity index (χ4n) is 14.8. The third-order valence-electron chi connectivity index (χ3n) is 20.4. The quantitative estimate of drug-likeness (QED) is 0.127. The van der Waals surface area contributed by atoms with Crippen molar-refractivity contribution < 1.29 is 0 Å². The highest BCUT2D eigenvalue weighted by Crippen LogP contribution is 2.48. The van der Waals surface area contributed by atoms with E-state index in [0.717, 1.165) is 89.5 Å². The van der Waals surface area contributed by atoms with Crippen molar-refractivity contribution in [3.05, 3.63) is 282 Å². The van der Waals surface area contributed by atoms with Crippen LogP contribution < -0.4 is 21.3 Å². The summed E-state index contributed by atoms with van der Waals surface area (Å²) in [5.41, 5.74) is 35.4. The molecule has 15 rings (SSSR count). The van der Waals surface area contributed by atoms with Crippen molar-refractivity contribution in [2.75, 3.05) is 9.80 Å². The van der Waals surface area contributed by atoms with Gasteiger partial charge in [-0.15, -0.1) is 0 Å². The van der Waals surface area contributed by atoms with Gasteiger partial charge in [-0.25, -0.2) is 0 Å². The summed E-state index contributed by atoms with van der Waals surface area (Å²) < 4.78 is 7.35. The van der Waals surface area contributed by atoms with E-state index in [1.54, 1.807) is 0 Å². The molecule has 7 nitrogen and oxygen atoms in total. The van der Waals surface area contributed by atoms with Gasteiger partial charge in [-0.1, -0.05) is 193 Å². The molecule has 3 aromatic heterocycles. The highest BCUT2D eigenvalue weighted by Gasteiger charge is 2.28. The maximum atomic E-state index is 6.59. The summed E-state index contributed by atoms with van der Waals surface area (Å²) in [7, 11) is 6.59. The molecule has 12 aromatic carbocycles. The number of hydrogen-bond donors (Lipinski definition) is 2. The fraction of sp³-hybridized carbons (Fsp3) is 0.222. The van der Waals surface area contributed by atoms with Gasteiger partial charge >= 0.3 is 0 Å². The van der Waals surface area contributed by atoms with E-state index < -0.39 is 5.44 Å². The van der Waals surface area contributed by atoms with Crippen molar-refractivity contribution in [1.29, 1.82) is 0 Å². The van der Waals surface area contributed by atoms with Crippen molar-refractivity contribution in [3.8, 4) is 17.1 Å². The lowest BCUT2D eigenvalue weighted by molar-refractivity contribution is 0.590. The van der Waals surface area contributed by atoms with E-state index in [2.05, 4.69) is 355 Å². The number of aromatic nitrogens is 3. The first-order valence-electron chi connectivity index (χ1n) is 34.7. The summed E-state index contributed by atoms with van der Waals surface area (Å²) in [6, 6.07) is 92.7. The SMILES string of the molecule is [B]C(C)(N)c1ccc(N(c2cccc(-n3c4ccc(C(C)(C)C)cc4c4cc(C(C)(C)C)ccc43)c2)c2cccc3c2ccc2c3c3ccc(N(c4ccc(C(C)N)cc4)c4cccc(-n5c6ccc(C(C)(C)C)cc6c6cc(C(C)(C)C)ccc65)c4)cc3n2-c2ccccc2)cc1. The second kappa shape index (κ2) is 23.3. The van der Waals surface area contributed by atoms with Crippen LogP contribution in [0, 0.1) is 0 Å². The Morgan fingerprint density at radius 1 is 0.306 bits per heavy atom. The molecule has 2 atom stereocenters. The van der Waals surface area contributed by atoms with E-state index in [1.807, 2.05) is 13.8 Å². The van der Waals surface area contributed by atoms with Gasteiger partial charge in [-0.05, 0) is 218 Å². The molecule has 486 valence electrons. The Kier molecular flexibility index (Phi) is 15.2. The average Bonchev–Trinajstić information content (AvgIpc) is 1.57. The number of hydrogen-bond acceptors (Lipinski definition) is 4. The van der Waals surface area contributed by atoms with Gasteiger partial charge < -0.3 is 35.0 Å². The predicted octanol–water partition coefficient (Wildman–Crippen LogP) is 23.6. The first-order chi connectivity index (χ1) is 46.6. The molecule has 0 saturated heterocycles. The zero-order chi connectivity index (χ0) is 68.7. The van der Waals surface area contributed by atoms with Gasteiger partial charge in [0.25, 0.3) is 0 Å². The molecule has 2 radical (unpaired) electrons. The van der Waals surface area contributed by atoms with E-state index in [4.69, 9.17) is 19.3 Å². The summed E-state index contributed by atoms with van der Waals surface area (Å²) in [5.74, 6) is 0. The number of para-hydroxylation sites is 1. The maximum Gasteiger partial charge on any atom is 0.101 e. The van der Waals surface area contributed by atoms with Crippen LogP contribution in [0.5, 0.6) is 0 Å². The van der Waals surface area contributed by atoms with Gasteiger partial charge in [0.1, 0.15) is 7.85 Å². The lowest BCUT2D eigenvalue weighted by Gasteiger charge is -2.29. The van der Waals surface area contributed by atoms with E-state index >= 15 is 0 Å². The maximum absolute atomic E-state index is 6.59. The minimum atomic E-state index is -1.02. The first kappa shape index (κ1) is 63.9. The highest BCUT2D eigenvalue weighted by atomic mass is 15.2. The van der Waals surface area contributed by atoms with Crippen molar-refractivity contribution >= 4 is 118 Å². The topological polar surface area (TPSA) is 73.3 Å². The molecule has 0 saturated carbocycles. The van der Waals surface area contributed by atoms with Crippen LogP contribution in [0.3, 0.4) is 0 Å². The van der Waals surface area contributed by atoms with Gasteiger partial charge in [-0.2, -0.15) is 0 Å². The van der Waals surface area contributed by atoms with Crippen LogP contribution in [0.1, 0.15) is 136 Å². The molecule has 2 unspecified atom stereocenters. The van der Waals surface area contributed by atoms with Crippen molar-refractivity contribution in [2.45, 2.75) is 130 Å². The Balaban J connectivity index is 0.927. The first-order valence-corrected chi connectivity index (χ1v) is 34.7. The lowest BCUT2D eigenvalue weighted by atomic mass is 9.75. The van der Waals surface area contributed by atoms with E-state index in [1.165, 1.54) is 71.3 Å². The Labute approximate surface area is 579 Å². The summed E-state index contributed by atoms with van der Waals surface area (Å²) in [6.07, 6.45) is 0. The number of rotatable bonds is 11. The second-order valence-electron chi connectivity index (χ2n) is 31.7. The number of benzene rings is 12. The van der Waals surface area contributed by atoms with Crippen molar-refractivity contribution in [2.24, 2.45) is 11.5 Å². The zero-order valence-electron chi connectivity index (χ0n) is 59.2. The monoisotopic (exact) mass is 1280 g/mol. The van der Waals surface area contributed by atoms with Gasteiger partial charge in [-0.3, -0.25) is 0 Å². The molecule has 0 bridgehead atoms. The van der Waals surface area contributed by atoms with Crippen LogP contribution in [-0.2, 0) is 27.1 Å². The third kappa shape index (κ3) is 11.1. The number of anilines is 6. The molecule has 0 aliphatic heterocycles. The van der Waals surface area contributed by atoms with Gasteiger partial charge in [0.2, 0.25) is 0 Å². The molecule has 98 heavy (non-hydrogen) atoms. The molecule has 15 aromatic rings. The van der Waals surface area contributed by atoms with Crippen LogP contribution >= 0.6 is 0 Å². The largest absolute Gasteiger partial charge is 0.329 e. The molecular formula is C90H88BN7. The van der Waals surface area contributed by atoms with E-state index in [0.29, 0.717) is 0 Å². The summed E-state index contributed by atoms with van der Waals surface area (Å²) in [5, 5.41) is 9.57. The van der Waals surface area contributed by atoms with Crippen LogP contribution in [0.15, 0.2) is 249 Å². The smallest absolute Gasteiger partial charge is 0.101 e. The van der Waals surface area contributed by atoms with Gasteiger partial charge in [0.15, 0.2) is 0 Å². The molecule has 4 N–H and O–H groups in total. The van der Waals surface area contributed by atoms with Gasteiger partial charge in [0, 0.05) is 89.2 Å². The van der Waals surface area contributed by atoms with Crippen LogP contribution in [0.4, 0.5) is 34.1 Å². The average molecular weight is 1280 g/mol. The van der Waals surface area contributed by atoms with Crippen LogP contribution in [-0.4, -0.2) is 21.5 Å². The number of nitrogens with zero attached hydrogens (tertiary/aromatic N) is 5. The Hall–Kier alpha value is -10.1. The number of fused-ring (bicyclic) bond motifs is 11. The molecule has 0 amide bonds. The minimum Gasteiger partial charge on any atom is -0.329 e.